The van der Waals surface area contributed by atoms with Crippen LogP contribution in [0.2, 0.25) is 0 Å². The zero-order valence-electron chi connectivity index (χ0n) is 16.4. The first-order valence-electron chi connectivity index (χ1n) is 9.91. The SMILES string of the molecule is O=C(NCCN1CCC2(CC1)C(=O)NCN2c1cccnc1)c1ccc(F)c(F)c1. The third-order valence-electron chi connectivity index (χ3n) is 5.87. The van der Waals surface area contributed by atoms with E-state index < -0.39 is 23.1 Å². The van der Waals surface area contributed by atoms with Gasteiger partial charge in [0.1, 0.15) is 5.54 Å². The number of amides is 2. The second-order valence-corrected chi connectivity index (χ2v) is 7.56. The monoisotopic (exact) mass is 415 g/mol. The van der Waals surface area contributed by atoms with E-state index in [2.05, 4.69) is 25.4 Å². The Morgan fingerprint density at radius 2 is 2.00 bits per heavy atom. The highest BCUT2D eigenvalue weighted by Crippen LogP contribution is 2.35. The van der Waals surface area contributed by atoms with Crippen molar-refractivity contribution in [2.45, 2.75) is 18.4 Å². The number of piperidine rings is 1. The van der Waals surface area contributed by atoms with Gasteiger partial charge in [0.2, 0.25) is 5.91 Å². The molecule has 9 heteroatoms. The van der Waals surface area contributed by atoms with Crippen molar-refractivity contribution in [3.8, 4) is 0 Å². The van der Waals surface area contributed by atoms with Crippen molar-refractivity contribution in [1.82, 2.24) is 20.5 Å². The number of nitrogens with zero attached hydrogens (tertiary/aromatic N) is 3. The van der Waals surface area contributed by atoms with Gasteiger partial charge < -0.3 is 20.4 Å². The Morgan fingerprint density at radius 3 is 2.70 bits per heavy atom. The van der Waals surface area contributed by atoms with Crippen molar-refractivity contribution >= 4 is 17.5 Å². The topological polar surface area (TPSA) is 77.6 Å². The molecule has 30 heavy (non-hydrogen) atoms. The third kappa shape index (κ3) is 3.85. The van der Waals surface area contributed by atoms with Crippen LogP contribution < -0.4 is 15.5 Å². The maximum Gasteiger partial charge on any atom is 0.251 e. The average Bonchev–Trinajstić information content (AvgIpc) is 3.07. The van der Waals surface area contributed by atoms with Crippen LogP contribution >= 0.6 is 0 Å². The van der Waals surface area contributed by atoms with Crippen molar-refractivity contribution in [3.05, 3.63) is 59.9 Å². The molecule has 1 spiro atoms. The normalized spacial score (nSPS) is 18.5. The van der Waals surface area contributed by atoms with Crippen LogP contribution in [0.5, 0.6) is 0 Å². The molecule has 158 valence electrons. The lowest BCUT2D eigenvalue weighted by Crippen LogP contribution is -2.57. The molecule has 2 saturated heterocycles. The Balaban J connectivity index is 1.30. The molecule has 4 rings (SSSR count). The maximum atomic E-state index is 13.3. The van der Waals surface area contributed by atoms with Gasteiger partial charge in [-0.25, -0.2) is 8.78 Å². The number of rotatable bonds is 5. The molecule has 2 aliphatic heterocycles. The van der Waals surface area contributed by atoms with Crippen molar-refractivity contribution in [2.24, 2.45) is 0 Å². The second-order valence-electron chi connectivity index (χ2n) is 7.56. The van der Waals surface area contributed by atoms with Crippen LogP contribution in [-0.2, 0) is 4.79 Å². The zero-order chi connectivity index (χ0) is 21.1. The van der Waals surface area contributed by atoms with E-state index in [1.807, 2.05) is 12.1 Å². The van der Waals surface area contributed by atoms with E-state index in [-0.39, 0.29) is 11.5 Å². The van der Waals surface area contributed by atoms with E-state index in [9.17, 15) is 18.4 Å². The number of nitrogens with one attached hydrogen (secondary N) is 2. The van der Waals surface area contributed by atoms with Gasteiger partial charge in [0.25, 0.3) is 5.91 Å². The number of benzene rings is 1. The van der Waals surface area contributed by atoms with Gasteiger partial charge in [-0.2, -0.15) is 0 Å². The van der Waals surface area contributed by atoms with E-state index in [0.717, 1.165) is 17.8 Å². The lowest BCUT2D eigenvalue weighted by Gasteiger charge is -2.43. The molecule has 0 aliphatic carbocycles. The summed E-state index contributed by atoms with van der Waals surface area (Å²) in [5, 5.41) is 5.68. The minimum Gasteiger partial charge on any atom is -0.351 e. The van der Waals surface area contributed by atoms with E-state index in [1.165, 1.54) is 6.07 Å². The van der Waals surface area contributed by atoms with Crippen LogP contribution in [0.3, 0.4) is 0 Å². The predicted octanol–water partition coefficient (Wildman–Crippen LogP) is 1.52. The van der Waals surface area contributed by atoms with Crippen LogP contribution in [0.1, 0.15) is 23.2 Å². The molecule has 2 aromatic rings. The molecular weight excluding hydrogens is 392 g/mol. The smallest absolute Gasteiger partial charge is 0.251 e. The van der Waals surface area contributed by atoms with Crippen molar-refractivity contribution in [2.75, 3.05) is 37.7 Å². The Labute approximate surface area is 173 Å². The Kier molecular flexibility index (Phi) is 5.63. The van der Waals surface area contributed by atoms with E-state index in [4.69, 9.17) is 0 Å². The second kappa shape index (κ2) is 8.35. The summed E-state index contributed by atoms with van der Waals surface area (Å²) >= 11 is 0. The minimum atomic E-state index is -1.04. The van der Waals surface area contributed by atoms with Crippen LogP contribution in [-0.4, -0.2) is 60.1 Å². The first kappa shape index (κ1) is 20.2. The van der Waals surface area contributed by atoms with Gasteiger partial charge in [-0.05, 0) is 43.2 Å². The highest BCUT2D eigenvalue weighted by atomic mass is 19.2. The Morgan fingerprint density at radius 1 is 1.20 bits per heavy atom. The number of carbonyl (C=O) groups excluding carboxylic acids is 2. The standard InChI is InChI=1S/C21H23F2N5O2/c22-17-4-3-15(12-18(17)23)19(29)25-8-11-27-9-5-21(6-10-27)20(30)26-14-28(21)16-2-1-7-24-13-16/h1-4,7,12-13H,5-6,8-11,14H2,(H,25,29)(H,26,30). The minimum absolute atomic E-state index is 0.0395. The molecule has 0 atom stereocenters. The fourth-order valence-electron chi connectivity index (χ4n) is 4.15. The van der Waals surface area contributed by atoms with Gasteiger partial charge in [0, 0.05) is 37.9 Å². The van der Waals surface area contributed by atoms with E-state index in [1.54, 1.807) is 12.4 Å². The summed E-state index contributed by atoms with van der Waals surface area (Å²) in [7, 11) is 0. The first-order valence-corrected chi connectivity index (χ1v) is 9.91. The zero-order valence-corrected chi connectivity index (χ0v) is 16.4. The van der Waals surface area contributed by atoms with Gasteiger partial charge >= 0.3 is 0 Å². The molecule has 2 N–H and O–H groups in total. The summed E-state index contributed by atoms with van der Waals surface area (Å²) in [6.45, 7) is 2.88. The van der Waals surface area contributed by atoms with Gasteiger partial charge in [0.15, 0.2) is 11.6 Å². The lowest BCUT2D eigenvalue weighted by molar-refractivity contribution is -0.125. The fourth-order valence-corrected chi connectivity index (χ4v) is 4.15. The summed E-state index contributed by atoms with van der Waals surface area (Å²) in [6, 6.07) is 6.89. The van der Waals surface area contributed by atoms with Crippen LogP contribution in [0.15, 0.2) is 42.7 Å². The molecule has 0 unspecified atom stereocenters. The average molecular weight is 415 g/mol. The molecule has 3 heterocycles. The lowest BCUT2D eigenvalue weighted by atomic mass is 9.85. The molecule has 0 radical (unpaired) electrons. The van der Waals surface area contributed by atoms with Crippen molar-refractivity contribution < 1.29 is 18.4 Å². The molecule has 0 bridgehead atoms. The molecule has 2 aliphatic rings. The number of hydrogen-bond donors (Lipinski definition) is 2. The summed E-state index contributed by atoms with van der Waals surface area (Å²) < 4.78 is 26.3. The number of aromatic nitrogens is 1. The van der Waals surface area contributed by atoms with E-state index in [0.29, 0.717) is 45.7 Å². The Hall–Kier alpha value is -3.07. The first-order chi connectivity index (χ1) is 14.5. The number of hydrogen-bond acceptors (Lipinski definition) is 5. The number of likely N-dealkylation sites (tertiary alicyclic amines) is 1. The van der Waals surface area contributed by atoms with Gasteiger partial charge in [-0.3, -0.25) is 14.6 Å². The van der Waals surface area contributed by atoms with Crippen molar-refractivity contribution in [3.63, 3.8) is 0 Å². The van der Waals surface area contributed by atoms with Crippen LogP contribution in [0.25, 0.3) is 0 Å². The maximum absolute atomic E-state index is 13.3. The molecular formula is C21H23F2N5O2. The molecule has 2 fully saturated rings. The molecule has 0 saturated carbocycles. The highest BCUT2D eigenvalue weighted by Gasteiger charge is 2.50. The number of pyridine rings is 1. The summed E-state index contributed by atoms with van der Waals surface area (Å²) in [6.07, 6.45) is 4.82. The van der Waals surface area contributed by atoms with Gasteiger partial charge in [0.05, 0.1) is 18.6 Å². The quantitative estimate of drug-likeness (QED) is 0.774. The number of anilines is 1. The predicted molar refractivity (Wildman–Crippen MR) is 107 cm³/mol. The number of halogens is 2. The number of carbonyl (C=O) groups is 2. The molecule has 2 amide bonds. The van der Waals surface area contributed by atoms with Gasteiger partial charge in [-0.1, -0.05) is 0 Å². The molecule has 1 aromatic heterocycles. The Bertz CT molecular complexity index is 932. The summed E-state index contributed by atoms with van der Waals surface area (Å²) in [5.41, 5.74) is 0.429. The largest absolute Gasteiger partial charge is 0.351 e. The van der Waals surface area contributed by atoms with Gasteiger partial charge in [-0.15, -0.1) is 0 Å². The van der Waals surface area contributed by atoms with Crippen LogP contribution in [0, 0.1) is 11.6 Å². The molecule has 1 aromatic carbocycles. The third-order valence-corrected chi connectivity index (χ3v) is 5.87. The fraction of sp³-hybridized carbons (Fsp3) is 0.381. The summed E-state index contributed by atoms with van der Waals surface area (Å²) in [5.74, 6) is -2.43. The van der Waals surface area contributed by atoms with Crippen LogP contribution in [0.4, 0.5) is 14.5 Å². The highest BCUT2D eigenvalue weighted by molar-refractivity contribution is 5.94. The van der Waals surface area contributed by atoms with E-state index >= 15 is 0 Å². The summed E-state index contributed by atoms with van der Waals surface area (Å²) in [4.78, 5) is 33.2. The van der Waals surface area contributed by atoms with Crippen molar-refractivity contribution in [1.29, 1.82) is 0 Å². The molecule has 7 nitrogen and oxygen atoms in total.